The number of hydrogen-bond acceptors (Lipinski definition) is 3. The minimum absolute atomic E-state index is 0.199. The van der Waals surface area contributed by atoms with E-state index in [1.807, 2.05) is 6.07 Å². The van der Waals surface area contributed by atoms with E-state index in [0.29, 0.717) is 16.3 Å². The molecule has 1 aromatic carbocycles. The van der Waals surface area contributed by atoms with Crippen LogP contribution in [0.3, 0.4) is 0 Å². The lowest BCUT2D eigenvalue weighted by Crippen LogP contribution is -1.90. The number of halogens is 2. The Kier molecular flexibility index (Phi) is 3.48. The Bertz CT molecular complexity index is 576. The smallest absolute Gasteiger partial charge is 0.239 e. The summed E-state index contributed by atoms with van der Waals surface area (Å²) in [6.45, 7) is 0. The molecule has 0 N–H and O–H groups in total. The fourth-order valence-electron chi connectivity index (χ4n) is 1.20. The molecule has 0 aliphatic carbocycles. The summed E-state index contributed by atoms with van der Waals surface area (Å²) in [6, 6.07) is 10.3. The van der Waals surface area contributed by atoms with Crippen LogP contribution in [0.4, 0.5) is 0 Å². The van der Waals surface area contributed by atoms with Crippen LogP contribution in [0.5, 0.6) is 11.6 Å². The van der Waals surface area contributed by atoms with Crippen LogP contribution in [-0.4, -0.2) is 4.98 Å². The monoisotopic (exact) mass is 264 g/mol. The Balaban J connectivity index is 2.31. The first-order valence-corrected chi connectivity index (χ1v) is 5.44. The Hall–Kier alpha value is -1.76. The molecule has 84 valence electrons. The summed E-state index contributed by atoms with van der Waals surface area (Å²) < 4.78 is 5.45. The van der Waals surface area contributed by atoms with Crippen molar-refractivity contribution in [2.24, 2.45) is 0 Å². The van der Waals surface area contributed by atoms with Crippen LogP contribution in [0.1, 0.15) is 5.56 Å². The second kappa shape index (κ2) is 5.05. The van der Waals surface area contributed by atoms with Gasteiger partial charge in [0.15, 0.2) is 0 Å². The number of nitriles is 1. The van der Waals surface area contributed by atoms with E-state index in [1.165, 1.54) is 12.3 Å². The lowest BCUT2D eigenvalue weighted by atomic mass is 10.3. The molecule has 2 aromatic rings. The molecular weight excluding hydrogens is 259 g/mol. The number of benzene rings is 1. The van der Waals surface area contributed by atoms with E-state index in [2.05, 4.69) is 4.98 Å². The van der Waals surface area contributed by atoms with Crippen molar-refractivity contribution in [3.05, 3.63) is 52.1 Å². The number of nitrogens with zero attached hydrogens (tertiary/aromatic N) is 2. The molecule has 0 bridgehead atoms. The maximum absolute atomic E-state index is 8.81. The quantitative estimate of drug-likeness (QED) is 0.822. The van der Waals surface area contributed by atoms with Gasteiger partial charge < -0.3 is 4.74 Å². The van der Waals surface area contributed by atoms with Crippen LogP contribution >= 0.6 is 23.2 Å². The van der Waals surface area contributed by atoms with Gasteiger partial charge in [0.25, 0.3) is 0 Å². The standard InChI is InChI=1S/C12H6Cl2N2O/c13-9-1-3-10(4-2-9)17-12-11(14)8(7-15)5-6-16-12/h1-6H. The molecule has 0 saturated carbocycles. The van der Waals surface area contributed by atoms with Crippen LogP contribution in [0.15, 0.2) is 36.5 Å². The second-order valence-corrected chi connectivity index (χ2v) is 3.96. The highest BCUT2D eigenvalue weighted by molar-refractivity contribution is 6.33. The Morgan fingerprint density at radius 1 is 1.12 bits per heavy atom. The minimum Gasteiger partial charge on any atom is -0.437 e. The summed E-state index contributed by atoms with van der Waals surface area (Å²) in [5.74, 6) is 0.756. The SMILES string of the molecule is N#Cc1ccnc(Oc2ccc(Cl)cc2)c1Cl. The zero-order valence-electron chi connectivity index (χ0n) is 8.52. The van der Waals surface area contributed by atoms with Gasteiger partial charge in [0.2, 0.25) is 5.88 Å². The molecule has 1 heterocycles. The average molecular weight is 265 g/mol. The predicted octanol–water partition coefficient (Wildman–Crippen LogP) is 4.05. The Morgan fingerprint density at radius 2 is 1.82 bits per heavy atom. The molecular formula is C12H6Cl2N2O. The lowest BCUT2D eigenvalue weighted by Gasteiger charge is -2.06. The molecule has 2 rings (SSSR count). The minimum atomic E-state index is 0.199. The molecule has 0 radical (unpaired) electrons. The van der Waals surface area contributed by atoms with Gasteiger partial charge in [-0.3, -0.25) is 0 Å². The third-order valence-corrected chi connectivity index (χ3v) is 2.62. The van der Waals surface area contributed by atoms with Crippen LogP contribution in [0.25, 0.3) is 0 Å². The molecule has 17 heavy (non-hydrogen) atoms. The molecule has 0 amide bonds. The highest BCUT2D eigenvalue weighted by atomic mass is 35.5. The first-order chi connectivity index (χ1) is 8.20. The third kappa shape index (κ3) is 2.68. The summed E-state index contributed by atoms with van der Waals surface area (Å²) in [7, 11) is 0. The zero-order chi connectivity index (χ0) is 12.3. The third-order valence-electron chi connectivity index (χ3n) is 2.01. The highest BCUT2D eigenvalue weighted by Crippen LogP contribution is 2.29. The van der Waals surface area contributed by atoms with E-state index in [9.17, 15) is 0 Å². The van der Waals surface area contributed by atoms with Gasteiger partial charge in [-0.1, -0.05) is 23.2 Å². The number of rotatable bonds is 2. The fourth-order valence-corrected chi connectivity index (χ4v) is 1.51. The Labute approximate surface area is 108 Å². The second-order valence-electron chi connectivity index (χ2n) is 3.15. The van der Waals surface area contributed by atoms with Crippen molar-refractivity contribution in [1.82, 2.24) is 4.98 Å². The van der Waals surface area contributed by atoms with Crippen LogP contribution in [0.2, 0.25) is 10.0 Å². The van der Waals surface area contributed by atoms with Crippen LogP contribution in [0, 0.1) is 11.3 Å². The number of aromatic nitrogens is 1. The van der Waals surface area contributed by atoms with Crippen molar-refractivity contribution >= 4 is 23.2 Å². The van der Waals surface area contributed by atoms with Gasteiger partial charge in [-0.05, 0) is 30.3 Å². The van der Waals surface area contributed by atoms with Gasteiger partial charge in [0.1, 0.15) is 16.8 Å². The lowest BCUT2D eigenvalue weighted by molar-refractivity contribution is 0.463. The average Bonchev–Trinajstić information content (AvgIpc) is 2.35. The number of ether oxygens (including phenoxy) is 1. The first kappa shape index (κ1) is 11.7. The summed E-state index contributed by atoms with van der Waals surface area (Å²) in [5, 5.41) is 9.62. The van der Waals surface area contributed by atoms with Crippen molar-refractivity contribution < 1.29 is 4.74 Å². The molecule has 1 aromatic heterocycles. The van der Waals surface area contributed by atoms with E-state index in [-0.39, 0.29) is 10.9 Å². The van der Waals surface area contributed by atoms with Gasteiger partial charge in [-0.15, -0.1) is 0 Å². The molecule has 0 aliphatic heterocycles. The van der Waals surface area contributed by atoms with E-state index >= 15 is 0 Å². The van der Waals surface area contributed by atoms with Crippen LogP contribution < -0.4 is 4.74 Å². The molecule has 0 saturated heterocycles. The molecule has 0 unspecified atom stereocenters. The summed E-state index contributed by atoms with van der Waals surface area (Å²) in [4.78, 5) is 3.97. The van der Waals surface area contributed by atoms with E-state index < -0.39 is 0 Å². The maximum atomic E-state index is 8.81. The van der Waals surface area contributed by atoms with Gasteiger partial charge >= 0.3 is 0 Å². The van der Waals surface area contributed by atoms with E-state index in [1.54, 1.807) is 24.3 Å². The van der Waals surface area contributed by atoms with Gasteiger partial charge in [0, 0.05) is 11.2 Å². The molecule has 0 aliphatic rings. The summed E-state index contributed by atoms with van der Waals surface area (Å²) >= 11 is 11.7. The van der Waals surface area contributed by atoms with Crippen molar-refractivity contribution in [3.63, 3.8) is 0 Å². The van der Waals surface area contributed by atoms with Crippen molar-refractivity contribution in [3.8, 4) is 17.7 Å². The first-order valence-electron chi connectivity index (χ1n) is 4.69. The van der Waals surface area contributed by atoms with E-state index in [0.717, 1.165) is 0 Å². The highest BCUT2D eigenvalue weighted by Gasteiger charge is 2.09. The van der Waals surface area contributed by atoms with E-state index in [4.69, 9.17) is 33.2 Å². The maximum Gasteiger partial charge on any atom is 0.239 e. The summed E-state index contributed by atoms with van der Waals surface area (Å²) in [6.07, 6.45) is 1.47. The van der Waals surface area contributed by atoms with Crippen molar-refractivity contribution in [2.75, 3.05) is 0 Å². The predicted molar refractivity (Wildman–Crippen MR) is 65.5 cm³/mol. The van der Waals surface area contributed by atoms with Crippen molar-refractivity contribution in [1.29, 1.82) is 5.26 Å². The van der Waals surface area contributed by atoms with Gasteiger partial charge in [-0.2, -0.15) is 5.26 Å². The normalized spacial score (nSPS) is 9.71. The molecule has 0 spiro atoms. The fraction of sp³-hybridized carbons (Fsp3) is 0. The van der Waals surface area contributed by atoms with Crippen molar-refractivity contribution in [2.45, 2.75) is 0 Å². The van der Waals surface area contributed by atoms with Crippen LogP contribution in [-0.2, 0) is 0 Å². The molecule has 3 nitrogen and oxygen atoms in total. The largest absolute Gasteiger partial charge is 0.437 e. The summed E-state index contributed by atoms with van der Waals surface area (Å²) in [5.41, 5.74) is 0.325. The topological polar surface area (TPSA) is 45.9 Å². The number of hydrogen-bond donors (Lipinski definition) is 0. The molecule has 0 atom stereocenters. The number of pyridine rings is 1. The Morgan fingerprint density at radius 3 is 2.47 bits per heavy atom. The van der Waals surface area contributed by atoms with Gasteiger partial charge in [0.05, 0.1) is 5.56 Å². The molecule has 5 heteroatoms. The molecule has 0 fully saturated rings. The zero-order valence-corrected chi connectivity index (χ0v) is 10.0. The van der Waals surface area contributed by atoms with Gasteiger partial charge in [-0.25, -0.2) is 4.98 Å².